The lowest BCUT2D eigenvalue weighted by atomic mass is 9.86. The number of carbonyl (C=O) groups is 1. The molecule has 0 aromatic rings. The fraction of sp³-hybridized carbons (Fsp3) is 0.700. The van der Waals surface area contributed by atoms with Crippen LogP contribution in [0, 0.1) is 17.8 Å². The Kier molecular flexibility index (Phi) is 3.16. The molecular weight excluding hydrogens is 136 g/mol. The van der Waals surface area contributed by atoms with Gasteiger partial charge in [-0.1, -0.05) is 0 Å². The van der Waals surface area contributed by atoms with Crippen molar-refractivity contribution < 1.29 is 4.79 Å². The van der Waals surface area contributed by atoms with Gasteiger partial charge in [0.25, 0.3) is 0 Å². The predicted molar refractivity (Wildman–Crippen MR) is 45.0 cm³/mol. The van der Waals surface area contributed by atoms with Crippen molar-refractivity contribution in [3.05, 3.63) is 0 Å². The summed E-state index contributed by atoms with van der Waals surface area (Å²) in [6, 6.07) is 0. The zero-order valence-corrected chi connectivity index (χ0v) is 7.02. The molecule has 1 fully saturated rings. The summed E-state index contributed by atoms with van der Waals surface area (Å²) in [5.41, 5.74) is 0. The van der Waals surface area contributed by atoms with E-state index >= 15 is 0 Å². The van der Waals surface area contributed by atoms with Crippen LogP contribution in [-0.4, -0.2) is 5.78 Å². The second-order valence-electron chi connectivity index (χ2n) is 3.13. The Balaban J connectivity index is 2.32. The summed E-state index contributed by atoms with van der Waals surface area (Å²) in [5, 5.41) is 0. The summed E-state index contributed by atoms with van der Waals surface area (Å²) in [5.74, 6) is 6.89. The maximum atomic E-state index is 11.0. The molecule has 0 spiro atoms. The average molecular weight is 150 g/mol. The van der Waals surface area contributed by atoms with Gasteiger partial charge < -0.3 is 0 Å². The Morgan fingerprint density at radius 1 is 1.64 bits per heavy atom. The Morgan fingerprint density at radius 2 is 2.45 bits per heavy atom. The highest BCUT2D eigenvalue weighted by molar-refractivity contribution is 5.79. The summed E-state index contributed by atoms with van der Waals surface area (Å²) in [7, 11) is 0. The summed E-state index contributed by atoms with van der Waals surface area (Å²) in [6.45, 7) is 1.85. The highest BCUT2D eigenvalue weighted by Crippen LogP contribution is 2.23. The van der Waals surface area contributed by atoms with E-state index in [0.29, 0.717) is 11.7 Å². The van der Waals surface area contributed by atoms with Crippen LogP contribution in [0.5, 0.6) is 0 Å². The number of Topliss-reactive ketones (excluding diaryl/α,β-unsaturated/α-hetero) is 1. The lowest BCUT2D eigenvalue weighted by Crippen LogP contribution is -2.14. The van der Waals surface area contributed by atoms with E-state index in [1.54, 1.807) is 0 Å². The van der Waals surface area contributed by atoms with Crippen molar-refractivity contribution in [3.63, 3.8) is 0 Å². The SMILES string of the molecule is CC#CCC1CCCC(=O)C1. The number of carbonyl (C=O) groups excluding carboxylic acids is 1. The van der Waals surface area contributed by atoms with Crippen LogP contribution in [-0.2, 0) is 4.79 Å². The van der Waals surface area contributed by atoms with E-state index in [1.807, 2.05) is 6.92 Å². The second kappa shape index (κ2) is 4.18. The zero-order chi connectivity index (χ0) is 8.10. The summed E-state index contributed by atoms with van der Waals surface area (Å²) in [4.78, 5) is 11.0. The molecule has 0 saturated heterocycles. The second-order valence-corrected chi connectivity index (χ2v) is 3.13. The summed E-state index contributed by atoms with van der Waals surface area (Å²) < 4.78 is 0. The monoisotopic (exact) mass is 150 g/mol. The fourth-order valence-corrected chi connectivity index (χ4v) is 1.53. The third-order valence-corrected chi connectivity index (χ3v) is 2.15. The van der Waals surface area contributed by atoms with E-state index in [2.05, 4.69) is 11.8 Å². The van der Waals surface area contributed by atoms with Gasteiger partial charge in [0.2, 0.25) is 0 Å². The van der Waals surface area contributed by atoms with E-state index in [4.69, 9.17) is 0 Å². The highest BCUT2D eigenvalue weighted by Gasteiger charge is 2.17. The first-order valence-corrected chi connectivity index (χ1v) is 4.24. The van der Waals surface area contributed by atoms with Gasteiger partial charge >= 0.3 is 0 Å². The minimum absolute atomic E-state index is 0.430. The Morgan fingerprint density at radius 3 is 3.09 bits per heavy atom. The molecule has 0 amide bonds. The first-order valence-electron chi connectivity index (χ1n) is 4.24. The molecule has 0 N–H and O–H groups in total. The smallest absolute Gasteiger partial charge is 0.133 e. The van der Waals surface area contributed by atoms with Crippen LogP contribution in [0.4, 0.5) is 0 Å². The van der Waals surface area contributed by atoms with Crippen LogP contribution in [0.2, 0.25) is 0 Å². The van der Waals surface area contributed by atoms with Crippen LogP contribution in [0.15, 0.2) is 0 Å². The minimum atomic E-state index is 0.430. The Labute approximate surface area is 68.2 Å². The molecule has 0 bridgehead atoms. The van der Waals surface area contributed by atoms with E-state index in [1.165, 1.54) is 6.42 Å². The quantitative estimate of drug-likeness (QED) is 0.523. The average Bonchev–Trinajstić information content (AvgIpc) is 2.01. The number of hydrogen-bond donors (Lipinski definition) is 0. The maximum Gasteiger partial charge on any atom is 0.133 e. The third-order valence-electron chi connectivity index (χ3n) is 2.15. The molecule has 1 nitrogen and oxygen atoms in total. The lowest BCUT2D eigenvalue weighted by molar-refractivity contribution is -0.121. The van der Waals surface area contributed by atoms with E-state index < -0.39 is 0 Å². The lowest BCUT2D eigenvalue weighted by Gasteiger charge is -2.17. The van der Waals surface area contributed by atoms with Crippen molar-refractivity contribution in [1.82, 2.24) is 0 Å². The number of hydrogen-bond acceptors (Lipinski definition) is 1. The molecule has 11 heavy (non-hydrogen) atoms. The van der Waals surface area contributed by atoms with Crippen molar-refractivity contribution in [2.24, 2.45) is 5.92 Å². The summed E-state index contributed by atoms with van der Waals surface area (Å²) >= 11 is 0. The molecule has 1 aliphatic rings. The van der Waals surface area contributed by atoms with Crippen LogP contribution < -0.4 is 0 Å². The molecule has 60 valence electrons. The molecule has 0 radical (unpaired) electrons. The molecule has 1 saturated carbocycles. The third kappa shape index (κ3) is 2.76. The maximum absolute atomic E-state index is 11.0. The van der Waals surface area contributed by atoms with Gasteiger partial charge in [0.05, 0.1) is 0 Å². The van der Waals surface area contributed by atoms with Crippen molar-refractivity contribution in [2.45, 2.75) is 39.0 Å². The molecule has 1 unspecified atom stereocenters. The zero-order valence-electron chi connectivity index (χ0n) is 7.02. The van der Waals surface area contributed by atoms with Crippen LogP contribution in [0.1, 0.15) is 39.0 Å². The van der Waals surface area contributed by atoms with Crippen molar-refractivity contribution in [2.75, 3.05) is 0 Å². The van der Waals surface area contributed by atoms with Gasteiger partial charge in [-0.3, -0.25) is 4.79 Å². The first-order chi connectivity index (χ1) is 5.33. The number of rotatable bonds is 1. The Hall–Kier alpha value is -0.770. The van der Waals surface area contributed by atoms with Gasteiger partial charge in [0, 0.05) is 19.3 Å². The van der Waals surface area contributed by atoms with E-state index in [9.17, 15) is 4.79 Å². The largest absolute Gasteiger partial charge is 0.300 e. The topological polar surface area (TPSA) is 17.1 Å². The highest BCUT2D eigenvalue weighted by atomic mass is 16.1. The van der Waals surface area contributed by atoms with Gasteiger partial charge in [-0.25, -0.2) is 0 Å². The summed E-state index contributed by atoms with van der Waals surface area (Å²) in [6.07, 6.45) is 4.77. The standard InChI is InChI=1S/C10H14O/c1-2-3-5-9-6-4-7-10(11)8-9/h9H,4-8H2,1H3. The molecular formula is C10H14O. The van der Waals surface area contributed by atoms with E-state index in [0.717, 1.165) is 25.7 Å². The molecule has 1 atom stereocenters. The predicted octanol–water partition coefficient (Wildman–Crippen LogP) is 2.16. The fourth-order valence-electron chi connectivity index (χ4n) is 1.53. The molecule has 0 aromatic carbocycles. The Bertz CT molecular complexity index is 195. The van der Waals surface area contributed by atoms with Gasteiger partial charge in [0.15, 0.2) is 0 Å². The molecule has 0 heterocycles. The van der Waals surface area contributed by atoms with E-state index in [-0.39, 0.29) is 0 Å². The van der Waals surface area contributed by atoms with Gasteiger partial charge in [-0.05, 0) is 25.7 Å². The molecule has 1 heteroatoms. The van der Waals surface area contributed by atoms with Gasteiger partial charge in [0.1, 0.15) is 5.78 Å². The van der Waals surface area contributed by atoms with Crippen molar-refractivity contribution in [1.29, 1.82) is 0 Å². The number of ketones is 1. The normalized spacial score (nSPS) is 24.1. The molecule has 0 aliphatic heterocycles. The minimum Gasteiger partial charge on any atom is -0.300 e. The van der Waals surface area contributed by atoms with Crippen molar-refractivity contribution >= 4 is 5.78 Å². The van der Waals surface area contributed by atoms with Crippen LogP contribution in [0.25, 0.3) is 0 Å². The first kappa shape index (κ1) is 8.33. The molecule has 0 aromatic heterocycles. The van der Waals surface area contributed by atoms with Crippen LogP contribution in [0.3, 0.4) is 0 Å². The van der Waals surface area contributed by atoms with Gasteiger partial charge in [-0.2, -0.15) is 0 Å². The van der Waals surface area contributed by atoms with Gasteiger partial charge in [-0.15, -0.1) is 11.8 Å². The van der Waals surface area contributed by atoms with Crippen LogP contribution >= 0.6 is 0 Å². The molecule has 1 aliphatic carbocycles. The molecule has 1 rings (SSSR count). The van der Waals surface area contributed by atoms with Crippen molar-refractivity contribution in [3.8, 4) is 11.8 Å².